The van der Waals surface area contributed by atoms with Gasteiger partial charge in [-0.25, -0.2) is 9.97 Å². The summed E-state index contributed by atoms with van der Waals surface area (Å²) in [4.78, 5) is 8.15. The maximum absolute atomic E-state index is 9.27. The summed E-state index contributed by atoms with van der Waals surface area (Å²) in [6, 6.07) is 21.7. The van der Waals surface area contributed by atoms with E-state index in [9.17, 15) is 5.26 Å². The van der Waals surface area contributed by atoms with E-state index >= 15 is 0 Å². The fourth-order valence-corrected chi connectivity index (χ4v) is 2.91. The van der Waals surface area contributed by atoms with Crippen molar-refractivity contribution in [1.82, 2.24) is 9.97 Å². The number of nitriles is 1. The number of hydrogen-bond donors (Lipinski definition) is 0. The van der Waals surface area contributed by atoms with E-state index in [4.69, 9.17) is 4.42 Å². The topological polar surface area (TPSA) is 62.7 Å². The molecule has 0 N–H and O–H groups in total. The Morgan fingerprint density at radius 2 is 1.65 bits per heavy atom. The zero-order chi connectivity index (χ0) is 17.8. The highest BCUT2D eigenvalue weighted by molar-refractivity contribution is 5.69. The second-order valence-corrected chi connectivity index (χ2v) is 5.94. The van der Waals surface area contributed by atoms with Crippen LogP contribution in [0.25, 0.3) is 22.6 Å². The van der Waals surface area contributed by atoms with Gasteiger partial charge >= 0.3 is 0 Å². The number of rotatable bonds is 4. The van der Waals surface area contributed by atoms with Crippen molar-refractivity contribution in [3.63, 3.8) is 0 Å². The lowest BCUT2D eigenvalue weighted by atomic mass is 9.97. The summed E-state index contributed by atoms with van der Waals surface area (Å²) in [7, 11) is 0. The fraction of sp³-hybridized carbons (Fsp3) is 0.0455. The van der Waals surface area contributed by atoms with E-state index in [1.807, 2.05) is 60.7 Å². The molecule has 0 atom stereocenters. The molecule has 4 heteroatoms. The summed E-state index contributed by atoms with van der Waals surface area (Å²) in [5.41, 5.74) is 4.61. The van der Waals surface area contributed by atoms with Crippen molar-refractivity contribution in [2.24, 2.45) is 0 Å². The van der Waals surface area contributed by atoms with E-state index in [1.54, 1.807) is 12.4 Å². The summed E-state index contributed by atoms with van der Waals surface area (Å²) >= 11 is 0. The molecule has 26 heavy (non-hydrogen) atoms. The normalized spacial score (nSPS) is 10.4. The van der Waals surface area contributed by atoms with E-state index < -0.39 is 0 Å². The Bertz CT molecular complexity index is 1060. The smallest absolute Gasteiger partial charge is 0.135 e. The van der Waals surface area contributed by atoms with Gasteiger partial charge in [0.15, 0.2) is 0 Å². The molecule has 0 aliphatic heterocycles. The minimum Gasteiger partial charge on any atom is -0.456 e. The third-order valence-corrected chi connectivity index (χ3v) is 4.18. The van der Waals surface area contributed by atoms with Crippen molar-refractivity contribution >= 4 is 0 Å². The van der Waals surface area contributed by atoms with Crippen LogP contribution in [0.3, 0.4) is 0 Å². The zero-order valence-corrected chi connectivity index (χ0v) is 14.0. The van der Waals surface area contributed by atoms with Crippen LogP contribution in [-0.4, -0.2) is 9.97 Å². The lowest BCUT2D eigenvalue weighted by molar-refractivity contribution is 0.597. The number of hydrogen-bond acceptors (Lipinski definition) is 4. The average molecular weight is 337 g/mol. The van der Waals surface area contributed by atoms with Crippen molar-refractivity contribution in [2.75, 3.05) is 0 Å². The highest BCUT2D eigenvalue weighted by atomic mass is 16.3. The summed E-state index contributed by atoms with van der Waals surface area (Å²) in [5, 5.41) is 9.27. The monoisotopic (exact) mass is 337 g/mol. The first kappa shape index (κ1) is 15.8. The molecule has 0 aliphatic rings. The first-order valence-electron chi connectivity index (χ1n) is 8.26. The second-order valence-electron chi connectivity index (χ2n) is 5.94. The summed E-state index contributed by atoms with van der Waals surface area (Å²) < 4.78 is 6.09. The highest BCUT2D eigenvalue weighted by Crippen LogP contribution is 2.32. The molecule has 2 heterocycles. The molecule has 0 saturated heterocycles. The van der Waals surface area contributed by atoms with Gasteiger partial charge in [0.1, 0.15) is 17.8 Å². The maximum atomic E-state index is 9.27. The Morgan fingerprint density at radius 1 is 0.885 bits per heavy atom. The van der Waals surface area contributed by atoms with Gasteiger partial charge in [-0.15, -0.1) is 0 Å². The standard InChI is InChI=1S/C22H15N3O/c23-12-16-6-7-19(10-17-13-24-15-25-14-17)20(11-16)22-9-8-21(26-22)18-4-2-1-3-5-18/h1-9,11,13-15H,10H2. The average Bonchev–Trinajstić information content (AvgIpc) is 3.20. The largest absolute Gasteiger partial charge is 0.456 e. The lowest BCUT2D eigenvalue weighted by Gasteiger charge is -2.08. The van der Waals surface area contributed by atoms with Gasteiger partial charge in [-0.2, -0.15) is 5.26 Å². The molecule has 0 aliphatic carbocycles. The Kier molecular flexibility index (Phi) is 4.28. The van der Waals surface area contributed by atoms with Gasteiger partial charge in [0.25, 0.3) is 0 Å². The Morgan fingerprint density at radius 3 is 2.42 bits per heavy atom. The Hall–Kier alpha value is -3.71. The van der Waals surface area contributed by atoms with E-state index in [1.165, 1.54) is 6.33 Å². The van der Waals surface area contributed by atoms with E-state index in [0.717, 1.165) is 33.8 Å². The maximum Gasteiger partial charge on any atom is 0.135 e. The van der Waals surface area contributed by atoms with Crippen molar-refractivity contribution in [2.45, 2.75) is 6.42 Å². The predicted molar refractivity (Wildman–Crippen MR) is 99.1 cm³/mol. The molecule has 0 amide bonds. The van der Waals surface area contributed by atoms with Crippen LogP contribution in [0.1, 0.15) is 16.7 Å². The molecule has 2 aromatic heterocycles. The van der Waals surface area contributed by atoms with Crippen LogP contribution in [0, 0.1) is 11.3 Å². The zero-order valence-electron chi connectivity index (χ0n) is 14.0. The second kappa shape index (κ2) is 7.04. The molecular formula is C22H15N3O. The molecule has 4 aromatic rings. The molecule has 0 unspecified atom stereocenters. The van der Waals surface area contributed by atoms with E-state index in [2.05, 4.69) is 16.0 Å². The van der Waals surface area contributed by atoms with Gasteiger partial charge in [0, 0.05) is 29.9 Å². The molecule has 0 spiro atoms. The van der Waals surface area contributed by atoms with Gasteiger partial charge < -0.3 is 4.42 Å². The van der Waals surface area contributed by atoms with Crippen molar-refractivity contribution in [1.29, 1.82) is 5.26 Å². The molecule has 0 bridgehead atoms. The number of benzene rings is 2. The number of nitrogens with zero attached hydrogens (tertiary/aromatic N) is 3. The van der Waals surface area contributed by atoms with Crippen LogP contribution in [0.5, 0.6) is 0 Å². The first-order chi connectivity index (χ1) is 12.8. The van der Waals surface area contributed by atoms with Gasteiger partial charge in [-0.3, -0.25) is 0 Å². The van der Waals surface area contributed by atoms with Crippen LogP contribution < -0.4 is 0 Å². The van der Waals surface area contributed by atoms with Crippen LogP contribution in [0.15, 0.2) is 83.8 Å². The van der Waals surface area contributed by atoms with Crippen LogP contribution in [0.4, 0.5) is 0 Å². The molecule has 4 nitrogen and oxygen atoms in total. The molecule has 0 radical (unpaired) electrons. The molecule has 0 saturated carbocycles. The van der Waals surface area contributed by atoms with Gasteiger partial charge in [-0.05, 0) is 35.4 Å². The molecule has 4 rings (SSSR count). The molecule has 124 valence electrons. The van der Waals surface area contributed by atoms with Gasteiger partial charge in [-0.1, -0.05) is 36.4 Å². The summed E-state index contributed by atoms with van der Waals surface area (Å²) in [6.45, 7) is 0. The highest BCUT2D eigenvalue weighted by Gasteiger charge is 2.12. The minimum atomic E-state index is 0.603. The van der Waals surface area contributed by atoms with E-state index in [-0.39, 0.29) is 0 Å². The third-order valence-electron chi connectivity index (χ3n) is 4.18. The van der Waals surface area contributed by atoms with Crippen LogP contribution in [-0.2, 0) is 6.42 Å². The quantitative estimate of drug-likeness (QED) is 0.533. The number of aromatic nitrogens is 2. The third kappa shape index (κ3) is 3.24. The Labute approximate surface area is 151 Å². The minimum absolute atomic E-state index is 0.603. The lowest BCUT2D eigenvalue weighted by Crippen LogP contribution is -1.94. The fourth-order valence-electron chi connectivity index (χ4n) is 2.91. The SMILES string of the molecule is N#Cc1ccc(Cc2cncnc2)c(-c2ccc(-c3ccccc3)o2)c1. The van der Waals surface area contributed by atoms with Crippen molar-refractivity contribution < 1.29 is 4.42 Å². The molecule has 2 aromatic carbocycles. The van der Waals surface area contributed by atoms with Crippen molar-refractivity contribution in [3.8, 4) is 28.7 Å². The molecular weight excluding hydrogens is 322 g/mol. The summed E-state index contributed by atoms with van der Waals surface area (Å²) in [5.74, 6) is 1.55. The van der Waals surface area contributed by atoms with Gasteiger partial charge in [0.05, 0.1) is 11.6 Å². The summed E-state index contributed by atoms with van der Waals surface area (Å²) in [6.07, 6.45) is 5.78. The van der Waals surface area contributed by atoms with Gasteiger partial charge in [0.2, 0.25) is 0 Å². The first-order valence-corrected chi connectivity index (χ1v) is 8.26. The number of furan rings is 1. The van der Waals surface area contributed by atoms with Crippen LogP contribution in [0.2, 0.25) is 0 Å². The molecule has 0 fully saturated rings. The predicted octanol–water partition coefficient (Wildman–Crippen LogP) is 4.87. The Balaban J connectivity index is 1.75. The van der Waals surface area contributed by atoms with Crippen molar-refractivity contribution in [3.05, 3.63) is 96.1 Å². The van der Waals surface area contributed by atoms with E-state index in [0.29, 0.717) is 12.0 Å². The van der Waals surface area contributed by atoms with Crippen LogP contribution >= 0.6 is 0 Å².